The van der Waals surface area contributed by atoms with Crippen molar-refractivity contribution >= 4 is 5.91 Å². The van der Waals surface area contributed by atoms with Crippen molar-refractivity contribution in [2.24, 2.45) is 11.7 Å². The summed E-state index contributed by atoms with van der Waals surface area (Å²) in [4.78, 5) is 14.3. The van der Waals surface area contributed by atoms with E-state index in [4.69, 9.17) is 5.73 Å². The van der Waals surface area contributed by atoms with Crippen molar-refractivity contribution in [2.45, 2.75) is 76.3 Å². The third kappa shape index (κ3) is 3.47. The number of nitrogens with two attached hydrogens (primary N) is 1. The molecule has 2 rings (SSSR count). The van der Waals surface area contributed by atoms with Crippen molar-refractivity contribution in [3.05, 3.63) is 0 Å². The molecule has 1 amide bonds. The summed E-state index contributed by atoms with van der Waals surface area (Å²) >= 11 is 0. The summed E-state index contributed by atoms with van der Waals surface area (Å²) in [5.41, 5.74) is 6.16. The Bertz CT molecular complexity index is 274. The minimum Gasteiger partial charge on any atom is -0.341 e. The van der Waals surface area contributed by atoms with Crippen LogP contribution in [0.25, 0.3) is 0 Å². The first-order valence-electron chi connectivity index (χ1n) is 7.69. The lowest BCUT2D eigenvalue weighted by Gasteiger charge is -2.37. The third-order valence-corrected chi connectivity index (χ3v) is 4.86. The minimum atomic E-state index is 0.194. The Morgan fingerprint density at radius 2 is 1.67 bits per heavy atom. The van der Waals surface area contributed by atoms with Gasteiger partial charge in [-0.2, -0.15) is 0 Å². The minimum absolute atomic E-state index is 0.194. The second kappa shape index (κ2) is 6.55. The fourth-order valence-electron chi connectivity index (χ4n) is 3.59. The van der Waals surface area contributed by atoms with Gasteiger partial charge in [-0.25, -0.2) is 0 Å². The van der Waals surface area contributed by atoms with E-state index in [1.807, 2.05) is 11.9 Å². The molecule has 0 aliphatic heterocycles. The molecule has 0 spiro atoms. The molecule has 0 bridgehead atoms. The highest BCUT2D eigenvalue weighted by molar-refractivity contribution is 5.76. The summed E-state index contributed by atoms with van der Waals surface area (Å²) in [6.45, 7) is 0. The van der Waals surface area contributed by atoms with E-state index in [2.05, 4.69) is 0 Å². The van der Waals surface area contributed by atoms with Gasteiger partial charge < -0.3 is 10.6 Å². The maximum Gasteiger partial charge on any atom is 0.222 e. The standard InChI is InChI=1S/C15H28N2O/c1-17(14-10-6-5-9-13(14)16)15(18)11-12-7-3-2-4-8-12/h12-14H,2-11,16H2,1H3. The highest BCUT2D eigenvalue weighted by Crippen LogP contribution is 2.28. The Kier molecular flexibility index (Phi) is 5.04. The van der Waals surface area contributed by atoms with Crippen LogP contribution >= 0.6 is 0 Å². The Morgan fingerprint density at radius 3 is 2.33 bits per heavy atom. The number of likely N-dealkylation sites (N-methyl/N-ethyl adjacent to an activating group) is 1. The van der Waals surface area contributed by atoms with Crippen LogP contribution in [0.4, 0.5) is 0 Å². The molecule has 2 aliphatic rings. The van der Waals surface area contributed by atoms with Crippen LogP contribution in [0, 0.1) is 5.92 Å². The summed E-state index contributed by atoms with van der Waals surface area (Å²) in [6, 6.07) is 0.480. The molecule has 0 aromatic heterocycles. The van der Waals surface area contributed by atoms with E-state index in [0.29, 0.717) is 11.8 Å². The quantitative estimate of drug-likeness (QED) is 0.839. The zero-order chi connectivity index (χ0) is 13.0. The first kappa shape index (κ1) is 13.9. The normalized spacial score (nSPS) is 30.1. The van der Waals surface area contributed by atoms with E-state index < -0.39 is 0 Å². The van der Waals surface area contributed by atoms with Crippen molar-refractivity contribution in [1.82, 2.24) is 4.90 Å². The Hall–Kier alpha value is -0.570. The molecule has 0 aromatic rings. The van der Waals surface area contributed by atoms with Gasteiger partial charge in [0.05, 0.1) is 0 Å². The zero-order valence-corrected chi connectivity index (χ0v) is 11.7. The molecule has 2 unspecified atom stereocenters. The van der Waals surface area contributed by atoms with Crippen LogP contribution < -0.4 is 5.73 Å². The number of nitrogens with zero attached hydrogens (tertiary/aromatic N) is 1. The van der Waals surface area contributed by atoms with Gasteiger partial charge in [-0.15, -0.1) is 0 Å². The number of hydrogen-bond donors (Lipinski definition) is 1. The highest BCUT2D eigenvalue weighted by Gasteiger charge is 2.29. The molecule has 3 heteroatoms. The molecule has 0 aromatic carbocycles. The van der Waals surface area contributed by atoms with Gasteiger partial charge in [0.15, 0.2) is 0 Å². The second-order valence-corrected chi connectivity index (χ2v) is 6.23. The van der Waals surface area contributed by atoms with Gasteiger partial charge in [0.2, 0.25) is 5.91 Å². The van der Waals surface area contributed by atoms with E-state index in [1.54, 1.807) is 0 Å². The molecular formula is C15H28N2O. The number of hydrogen-bond acceptors (Lipinski definition) is 2. The topological polar surface area (TPSA) is 46.3 Å². The van der Waals surface area contributed by atoms with Crippen LogP contribution in [0.5, 0.6) is 0 Å². The Labute approximate surface area is 111 Å². The van der Waals surface area contributed by atoms with E-state index >= 15 is 0 Å². The van der Waals surface area contributed by atoms with Gasteiger partial charge in [0.1, 0.15) is 0 Å². The fraction of sp³-hybridized carbons (Fsp3) is 0.933. The molecule has 104 valence electrons. The van der Waals surface area contributed by atoms with Crippen LogP contribution in [-0.2, 0) is 4.79 Å². The summed E-state index contributed by atoms with van der Waals surface area (Å²) < 4.78 is 0. The van der Waals surface area contributed by atoms with Gasteiger partial charge in [0.25, 0.3) is 0 Å². The molecule has 2 fully saturated rings. The monoisotopic (exact) mass is 252 g/mol. The molecule has 0 heterocycles. The molecule has 2 saturated carbocycles. The predicted molar refractivity (Wildman–Crippen MR) is 74.2 cm³/mol. The third-order valence-electron chi connectivity index (χ3n) is 4.86. The zero-order valence-electron chi connectivity index (χ0n) is 11.7. The Morgan fingerprint density at radius 1 is 1.06 bits per heavy atom. The lowest BCUT2D eigenvalue weighted by molar-refractivity contribution is -0.134. The fourth-order valence-corrected chi connectivity index (χ4v) is 3.59. The lowest BCUT2D eigenvalue weighted by Crippen LogP contribution is -2.50. The molecular weight excluding hydrogens is 224 g/mol. The van der Waals surface area contributed by atoms with Crippen LogP contribution in [0.2, 0.25) is 0 Å². The summed E-state index contributed by atoms with van der Waals surface area (Å²) in [5.74, 6) is 0.956. The van der Waals surface area contributed by atoms with E-state index in [0.717, 1.165) is 19.3 Å². The van der Waals surface area contributed by atoms with Gasteiger partial charge in [-0.05, 0) is 31.6 Å². The molecule has 2 N–H and O–H groups in total. The second-order valence-electron chi connectivity index (χ2n) is 6.23. The van der Waals surface area contributed by atoms with Gasteiger partial charge in [-0.1, -0.05) is 32.1 Å². The maximum atomic E-state index is 12.3. The van der Waals surface area contributed by atoms with Crippen molar-refractivity contribution in [2.75, 3.05) is 7.05 Å². The van der Waals surface area contributed by atoms with E-state index in [-0.39, 0.29) is 12.1 Å². The van der Waals surface area contributed by atoms with Crippen LogP contribution in [0.15, 0.2) is 0 Å². The predicted octanol–water partition coefficient (Wildman–Crippen LogP) is 2.69. The van der Waals surface area contributed by atoms with Crippen LogP contribution in [0.3, 0.4) is 0 Å². The van der Waals surface area contributed by atoms with Crippen molar-refractivity contribution in [3.8, 4) is 0 Å². The maximum absolute atomic E-state index is 12.3. The molecule has 2 atom stereocenters. The number of amides is 1. The number of carbonyl (C=O) groups is 1. The van der Waals surface area contributed by atoms with Crippen molar-refractivity contribution in [1.29, 1.82) is 0 Å². The lowest BCUT2D eigenvalue weighted by atomic mass is 9.85. The van der Waals surface area contributed by atoms with Gasteiger partial charge >= 0.3 is 0 Å². The van der Waals surface area contributed by atoms with Gasteiger partial charge in [0, 0.05) is 25.6 Å². The molecule has 3 nitrogen and oxygen atoms in total. The number of carbonyl (C=O) groups excluding carboxylic acids is 1. The van der Waals surface area contributed by atoms with Crippen molar-refractivity contribution in [3.63, 3.8) is 0 Å². The summed E-state index contributed by atoms with van der Waals surface area (Å²) in [6.07, 6.45) is 11.8. The summed E-state index contributed by atoms with van der Waals surface area (Å²) in [5, 5.41) is 0. The molecule has 2 aliphatic carbocycles. The van der Waals surface area contributed by atoms with E-state index in [9.17, 15) is 4.79 Å². The number of rotatable bonds is 3. The first-order valence-corrected chi connectivity index (χ1v) is 7.69. The average Bonchev–Trinajstić information content (AvgIpc) is 2.39. The Balaban J connectivity index is 1.83. The van der Waals surface area contributed by atoms with E-state index in [1.165, 1.54) is 44.9 Å². The smallest absolute Gasteiger partial charge is 0.222 e. The van der Waals surface area contributed by atoms with Crippen molar-refractivity contribution < 1.29 is 4.79 Å². The molecule has 0 saturated heterocycles. The average molecular weight is 252 g/mol. The summed E-state index contributed by atoms with van der Waals surface area (Å²) in [7, 11) is 1.96. The molecule has 18 heavy (non-hydrogen) atoms. The molecule has 0 radical (unpaired) electrons. The highest BCUT2D eigenvalue weighted by atomic mass is 16.2. The first-order chi connectivity index (χ1) is 8.68. The SMILES string of the molecule is CN(C(=O)CC1CCCCC1)C1CCCCC1N. The van der Waals surface area contributed by atoms with Crippen LogP contribution in [0.1, 0.15) is 64.2 Å². The largest absolute Gasteiger partial charge is 0.341 e. The van der Waals surface area contributed by atoms with Gasteiger partial charge in [-0.3, -0.25) is 4.79 Å². The van der Waals surface area contributed by atoms with Crippen LogP contribution in [-0.4, -0.2) is 29.9 Å².